The lowest BCUT2D eigenvalue weighted by Gasteiger charge is -2.21. The first kappa shape index (κ1) is 18.0. The topological polar surface area (TPSA) is 49.4 Å². The van der Waals surface area contributed by atoms with E-state index in [-0.39, 0.29) is 11.8 Å². The molecule has 0 spiro atoms. The van der Waals surface area contributed by atoms with Crippen LogP contribution in [0.15, 0.2) is 48.5 Å². The molecule has 2 amide bonds. The van der Waals surface area contributed by atoms with Gasteiger partial charge in [0, 0.05) is 37.1 Å². The molecule has 4 nitrogen and oxygen atoms in total. The van der Waals surface area contributed by atoms with Crippen molar-refractivity contribution in [2.75, 3.05) is 13.1 Å². The number of nitrogens with one attached hydrogen (secondary N) is 1. The molecule has 0 aliphatic rings. The molecule has 0 fully saturated rings. The van der Waals surface area contributed by atoms with Gasteiger partial charge < -0.3 is 10.2 Å². The number of hydrogen-bond donors (Lipinski definition) is 1. The number of carbonyl (C=O) groups is 2. The van der Waals surface area contributed by atoms with Crippen molar-refractivity contribution in [3.05, 3.63) is 70.2 Å². The summed E-state index contributed by atoms with van der Waals surface area (Å²) >= 11 is 5.87. The lowest BCUT2D eigenvalue weighted by atomic mass is 10.1. The van der Waals surface area contributed by atoms with Crippen molar-refractivity contribution >= 4 is 23.4 Å². The van der Waals surface area contributed by atoms with E-state index in [0.29, 0.717) is 30.2 Å². The van der Waals surface area contributed by atoms with Gasteiger partial charge in [-0.1, -0.05) is 41.9 Å². The van der Waals surface area contributed by atoms with Crippen LogP contribution in [0.2, 0.25) is 5.02 Å². The monoisotopic (exact) mass is 344 g/mol. The standard InChI is InChI=1S/C19H21ClN2O2/c1-14-5-3-4-6-18(14)19(24)21-11-12-22(15(2)23)13-16-7-9-17(20)10-8-16/h3-10H,11-13H2,1-2H3,(H,21,24). The molecule has 5 heteroatoms. The maximum Gasteiger partial charge on any atom is 0.251 e. The summed E-state index contributed by atoms with van der Waals surface area (Å²) in [4.78, 5) is 25.7. The Hall–Kier alpha value is -2.33. The molecular weight excluding hydrogens is 324 g/mol. The number of rotatable bonds is 6. The van der Waals surface area contributed by atoms with E-state index in [2.05, 4.69) is 5.32 Å². The molecule has 2 aromatic carbocycles. The third kappa shape index (κ3) is 5.10. The highest BCUT2D eigenvalue weighted by Crippen LogP contribution is 2.11. The van der Waals surface area contributed by atoms with Crippen molar-refractivity contribution < 1.29 is 9.59 Å². The Morgan fingerprint density at radius 2 is 1.75 bits per heavy atom. The van der Waals surface area contributed by atoms with Gasteiger partial charge in [-0.05, 0) is 36.2 Å². The maximum absolute atomic E-state index is 12.2. The number of hydrogen-bond acceptors (Lipinski definition) is 2. The Balaban J connectivity index is 1.90. The number of halogens is 1. The molecule has 2 aromatic rings. The minimum Gasteiger partial charge on any atom is -0.350 e. The van der Waals surface area contributed by atoms with Crippen molar-refractivity contribution in [3.63, 3.8) is 0 Å². The zero-order valence-corrected chi connectivity index (χ0v) is 14.6. The van der Waals surface area contributed by atoms with Crippen molar-refractivity contribution in [2.24, 2.45) is 0 Å². The van der Waals surface area contributed by atoms with Crippen LogP contribution >= 0.6 is 11.6 Å². The Kier molecular flexibility index (Phi) is 6.38. The molecule has 0 atom stereocenters. The smallest absolute Gasteiger partial charge is 0.251 e. The average Bonchev–Trinajstić information content (AvgIpc) is 2.56. The van der Waals surface area contributed by atoms with E-state index in [9.17, 15) is 9.59 Å². The fraction of sp³-hybridized carbons (Fsp3) is 0.263. The Morgan fingerprint density at radius 1 is 1.08 bits per heavy atom. The van der Waals surface area contributed by atoms with E-state index >= 15 is 0 Å². The van der Waals surface area contributed by atoms with E-state index in [1.165, 1.54) is 6.92 Å². The number of carbonyl (C=O) groups excluding carboxylic acids is 2. The third-order valence-electron chi connectivity index (χ3n) is 3.79. The Labute approximate surface area is 147 Å². The summed E-state index contributed by atoms with van der Waals surface area (Å²) in [7, 11) is 0. The molecule has 0 aromatic heterocycles. The van der Waals surface area contributed by atoms with Crippen LogP contribution in [0.3, 0.4) is 0 Å². The zero-order valence-electron chi connectivity index (χ0n) is 13.9. The molecular formula is C19H21ClN2O2. The fourth-order valence-corrected chi connectivity index (χ4v) is 2.51. The first-order valence-electron chi connectivity index (χ1n) is 7.81. The molecule has 0 saturated carbocycles. The first-order chi connectivity index (χ1) is 11.5. The number of aryl methyl sites for hydroxylation is 1. The normalized spacial score (nSPS) is 10.3. The maximum atomic E-state index is 12.2. The van der Waals surface area contributed by atoms with Crippen LogP contribution in [0.5, 0.6) is 0 Å². The molecule has 126 valence electrons. The van der Waals surface area contributed by atoms with Crippen molar-refractivity contribution in [1.82, 2.24) is 10.2 Å². The zero-order chi connectivity index (χ0) is 17.5. The SMILES string of the molecule is CC(=O)N(CCNC(=O)c1ccccc1C)Cc1ccc(Cl)cc1. The van der Waals surface area contributed by atoms with Crippen LogP contribution in [-0.2, 0) is 11.3 Å². The second kappa shape index (κ2) is 8.50. The predicted octanol–water partition coefficient (Wildman–Crippen LogP) is 3.43. The van der Waals surface area contributed by atoms with Crippen LogP contribution < -0.4 is 5.32 Å². The second-order valence-electron chi connectivity index (χ2n) is 5.64. The Morgan fingerprint density at radius 3 is 2.38 bits per heavy atom. The summed E-state index contributed by atoms with van der Waals surface area (Å²) < 4.78 is 0. The minimum absolute atomic E-state index is 0.0323. The van der Waals surface area contributed by atoms with Gasteiger partial charge in [0.1, 0.15) is 0 Å². The highest BCUT2D eigenvalue weighted by atomic mass is 35.5. The number of benzene rings is 2. The third-order valence-corrected chi connectivity index (χ3v) is 4.04. The first-order valence-corrected chi connectivity index (χ1v) is 8.19. The van der Waals surface area contributed by atoms with Gasteiger partial charge in [-0.15, -0.1) is 0 Å². The summed E-state index contributed by atoms with van der Waals surface area (Å²) in [5.74, 6) is -0.154. The summed E-state index contributed by atoms with van der Waals surface area (Å²) in [6.07, 6.45) is 0. The summed E-state index contributed by atoms with van der Waals surface area (Å²) in [5, 5.41) is 3.53. The van der Waals surface area contributed by atoms with Crippen LogP contribution in [0.25, 0.3) is 0 Å². The van der Waals surface area contributed by atoms with Crippen LogP contribution in [0.1, 0.15) is 28.4 Å². The largest absolute Gasteiger partial charge is 0.350 e. The van der Waals surface area contributed by atoms with Gasteiger partial charge in [-0.25, -0.2) is 0 Å². The van der Waals surface area contributed by atoms with Crippen LogP contribution in [-0.4, -0.2) is 29.8 Å². The molecule has 0 aliphatic carbocycles. The molecule has 0 saturated heterocycles. The van der Waals surface area contributed by atoms with Crippen LogP contribution in [0.4, 0.5) is 0 Å². The van der Waals surface area contributed by atoms with Gasteiger partial charge >= 0.3 is 0 Å². The van der Waals surface area contributed by atoms with E-state index in [1.54, 1.807) is 23.1 Å². The summed E-state index contributed by atoms with van der Waals surface area (Å²) in [5.41, 5.74) is 2.59. The van der Waals surface area contributed by atoms with Gasteiger partial charge in [0.25, 0.3) is 5.91 Å². The van der Waals surface area contributed by atoms with E-state index in [1.807, 2.05) is 37.3 Å². The minimum atomic E-state index is -0.122. The van der Waals surface area contributed by atoms with Gasteiger partial charge in [0.2, 0.25) is 5.91 Å². The molecule has 0 heterocycles. The fourth-order valence-electron chi connectivity index (χ4n) is 2.39. The van der Waals surface area contributed by atoms with E-state index in [0.717, 1.165) is 11.1 Å². The lowest BCUT2D eigenvalue weighted by molar-refractivity contribution is -0.129. The second-order valence-corrected chi connectivity index (χ2v) is 6.07. The molecule has 2 rings (SSSR count). The van der Waals surface area contributed by atoms with Gasteiger partial charge in [0.15, 0.2) is 0 Å². The van der Waals surface area contributed by atoms with Crippen molar-refractivity contribution in [2.45, 2.75) is 20.4 Å². The molecule has 24 heavy (non-hydrogen) atoms. The number of nitrogens with zero attached hydrogens (tertiary/aromatic N) is 1. The van der Waals surface area contributed by atoms with Crippen molar-refractivity contribution in [1.29, 1.82) is 0 Å². The van der Waals surface area contributed by atoms with Gasteiger partial charge in [-0.2, -0.15) is 0 Å². The molecule has 0 unspecified atom stereocenters. The highest BCUT2D eigenvalue weighted by Gasteiger charge is 2.11. The molecule has 1 N–H and O–H groups in total. The van der Waals surface area contributed by atoms with E-state index < -0.39 is 0 Å². The van der Waals surface area contributed by atoms with Gasteiger partial charge in [-0.3, -0.25) is 9.59 Å². The van der Waals surface area contributed by atoms with Gasteiger partial charge in [0.05, 0.1) is 0 Å². The summed E-state index contributed by atoms with van der Waals surface area (Å²) in [6.45, 7) is 4.78. The molecule has 0 bridgehead atoms. The van der Waals surface area contributed by atoms with E-state index in [4.69, 9.17) is 11.6 Å². The quantitative estimate of drug-likeness (QED) is 0.872. The summed E-state index contributed by atoms with van der Waals surface area (Å²) in [6, 6.07) is 14.8. The number of amides is 2. The predicted molar refractivity (Wildman–Crippen MR) is 96.1 cm³/mol. The lowest BCUT2D eigenvalue weighted by Crippen LogP contribution is -2.37. The molecule has 0 aliphatic heterocycles. The average molecular weight is 345 g/mol. The van der Waals surface area contributed by atoms with Crippen molar-refractivity contribution in [3.8, 4) is 0 Å². The Bertz CT molecular complexity index is 714. The van der Waals surface area contributed by atoms with Crippen LogP contribution in [0, 0.1) is 6.92 Å². The molecule has 0 radical (unpaired) electrons. The highest BCUT2D eigenvalue weighted by molar-refractivity contribution is 6.30.